The van der Waals surface area contributed by atoms with Crippen molar-refractivity contribution in [1.29, 1.82) is 0 Å². The fourth-order valence-corrected chi connectivity index (χ4v) is 2.23. The van der Waals surface area contributed by atoms with Gasteiger partial charge in [0.1, 0.15) is 0 Å². The molecule has 1 N–H and O–H groups in total. The zero-order chi connectivity index (χ0) is 10.4. The van der Waals surface area contributed by atoms with Gasteiger partial charge in [-0.05, 0) is 41.1 Å². The Balaban J connectivity index is 2.13. The molecular formula is C12H20OS. The molecule has 1 atom stereocenters. The largest absolute Gasteiger partial charge is 0.393 e. The summed E-state index contributed by atoms with van der Waals surface area (Å²) in [5, 5.41) is 13.9. The summed E-state index contributed by atoms with van der Waals surface area (Å²) in [4.78, 5) is 0. The minimum Gasteiger partial charge on any atom is -0.393 e. The summed E-state index contributed by atoms with van der Waals surface area (Å²) < 4.78 is 0. The highest BCUT2D eigenvalue weighted by Crippen LogP contribution is 2.13. The molecule has 0 saturated carbocycles. The van der Waals surface area contributed by atoms with E-state index in [-0.39, 0.29) is 6.10 Å². The van der Waals surface area contributed by atoms with Crippen LogP contribution in [0.1, 0.15) is 38.7 Å². The number of rotatable bonds is 6. The Bertz CT molecular complexity index is 228. The summed E-state index contributed by atoms with van der Waals surface area (Å²) in [6, 6.07) is 2.09. The molecule has 0 fully saturated rings. The van der Waals surface area contributed by atoms with Crippen LogP contribution in [0.4, 0.5) is 0 Å². The molecule has 0 saturated heterocycles. The average Bonchev–Trinajstić information content (AvgIpc) is 2.56. The maximum atomic E-state index is 9.74. The highest BCUT2D eigenvalue weighted by atomic mass is 32.1. The van der Waals surface area contributed by atoms with Crippen molar-refractivity contribution in [1.82, 2.24) is 0 Å². The normalized spacial score (nSPS) is 13.4. The van der Waals surface area contributed by atoms with Gasteiger partial charge >= 0.3 is 0 Å². The molecule has 2 heteroatoms. The van der Waals surface area contributed by atoms with E-state index in [1.54, 1.807) is 11.3 Å². The van der Waals surface area contributed by atoms with Crippen molar-refractivity contribution in [3.8, 4) is 0 Å². The number of hydrogen-bond donors (Lipinski definition) is 1. The van der Waals surface area contributed by atoms with Crippen molar-refractivity contribution >= 4 is 11.3 Å². The molecule has 14 heavy (non-hydrogen) atoms. The summed E-state index contributed by atoms with van der Waals surface area (Å²) in [5.74, 6) is 0.753. The van der Waals surface area contributed by atoms with Crippen LogP contribution in [-0.4, -0.2) is 11.2 Å². The van der Waals surface area contributed by atoms with E-state index in [1.807, 2.05) is 0 Å². The first-order chi connectivity index (χ1) is 6.68. The second-order valence-electron chi connectivity index (χ2n) is 4.31. The number of hydrogen-bond acceptors (Lipinski definition) is 2. The van der Waals surface area contributed by atoms with E-state index in [1.165, 1.54) is 12.0 Å². The molecule has 1 heterocycles. The van der Waals surface area contributed by atoms with Crippen LogP contribution in [0.3, 0.4) is 0 Å². The number of aliphatic hydroxyl groups excluding tert-OH is 1. The second-order valence-corrected chi connectivity index (χ2v) is 5.09. The Labute approximate surface area is 90.8 Å². The lowest BCUT2D eigenvalue weighted by Gasteiger charge is -2.10. The van der Waals surface area contributed by atoms with E-state index in [2.05, 4.69) is 30.7 Å². The van der Waals surface area contributed by atoms with Gasteiger partial charge in [-0.3, -0.25) is 0 Å². The van der Waals surface area contributed by atoms with Gasteiger partial charge in [-0.15, -0.1) is 0 Å². The van der Waals surface area contributed by atoms with Crippen LogP contribution in [-0.2, 0) is 6.42 Å². The van der Waals surface area contributed by atoms with Crippen LogP contribution < -0.4 is 0 Å². The fourth-order valence-electron chi connectivity index (χ4n) is 1.54. The molecule has 1 rings (SSSR count). The molecule has 0 aliphatic carbocycles. The standard InChI is InChI=1S/C12H20OS/c1-10(2)4-3-5-12(13)8-11-6-7-14-9-11/h6-7,9-10,12-13H,3-5,8H2,1-2H3. The van der Waals surface area contributed by atoms with Crippen LogP contribution in [0, 0.1) is 5.92 Å². The van der Waals surface area contributed by atoms with Gasteiger partial charge in [0.05, 0.1) is 6.10 Å². The predicted octanol–water partition coefficient (Wildman–Crippen LogP) is 3.48. The highest BCUT2D eigenvalue weighted by Gasteiger charge is 2.06. The molecule has 0 aromatic carbocycles. The molecule has 1 nitrogen and oxygen atoms in total. The third-order valence-corrected chi connectivity index (χ3v) is 3.10. The van der Waals surface area contributed by atoms with Crippen molar-refractivity contribution in [2.75, 3.05) is 0 Å². The Morgan fingerprint density at radius 3 is 2.71 bits per heavy atom. The molecular weight excluding hydrogens is 192 g/mol. The van der Waals surface area contributed by atoms with Crippen molar-refractivity contribution < 1.29 is 5.11 Å². The third-order valence-electron chi connectivity index (χ3n) is 2.37. The van der Waals surface area contributed by atoms with Crippen molar-refractivity contribution in [2.24, 2.45) is 5.92 Å². The van der Waals surface area contributed by atoms with Crippen LogP contribution in [0.25, 0.3) is 0 Å². The predicted molar refractivity (Wildman–Crippen MR) is 62.7 cm³/mol. The molecule has 0 radical (unpaired) electrons. The van der Waals surface area contributed by atoms with Gasteiger partial charge < -0.3 is 5.11 Å². The lowest BCUT2D eigenvalue weighted by molar-refractivity contribution is 0.160. The lowest BCUT2D eigenvalue weighted by Crippen LogP contribution is -2.10. The van der Waals surface area contributed by atoms with Gasteiger partial charge in [0, 0.05) is 0 Å². The Hall–Kier alpha value is -0.340. The lowest BCUT2D eigenvalue weighted by atomic mass is 10.0. The summed E-state index contributed by atoms with van der Waals surface area (Å²) in [5.41, 5.74) is 1.27. The maximum absolute atomic E-state index is 9.74. The van der Waals surface area contributed by atoms with E-state index in [0.717, 1.165) is 25.2 Å². The summed E-state index contributed by atoms with van der Waals surface area (Å²) in [6.07, 6.45) is 3.97. The van der Waals surface area contributed by atoms with Crippen LogP contribution in [0.15, 0.2) is 16.8 Å². The van der Waals surface area contributed by atoms with Crippen LogP contribution in [0.2, 0.25) is 0 Å². The molecule has 0 spiro atoms. The van der Waals surface area contributed by atoms with E-state index in [4.69, 9.17) is 0 Å². The van der Waals surface area contributed by atoms with E-state index in [9.17, 15) is 5.11 Å². The van der Waals surface area contributed by atoms with Crippen molar-refractivity contribution in [3.05, 3.63) is 22.4 Å². The first kappa shape index (κ1) is 11.7. The van der Waals surface area contributed by atoms with E-state index >= 15 is 0 Å². The minimum absolute atomic E-state index is 0.150. The molecule has 0 amide bonds. The molecule has 80 valence electrons. The monoisotopic (exact) mass is 212 g/mol. The average molecular weight is 212 g/mol. The Kier molecular flexibility index (Phi) is 5.20. The van der Waals surface area contributed by atoms with Crippen LogP contribution in [0.5, 0.6) is 0 Å². The van der Waals surface area contributed by atoms with Crippen molar-refractivity contribution in [2.45, 2.75) is 45.6 Å². The second kappa shape index (κ2) is 6.20. The van der Waals surface area contributed by atoms with Crippen LogP contribution >= 0.6 is 11.3 Å². The quantitative estimate of drug-likeness (QED) is 0.765. The number of aliphatic hydroxyl groups is 1. The first-order valence-electron chi connectivity index (χ1n) is 5.37. The smallest absolute Gasteiger partial charge is 0.0580 e. The maximum Gasteiger partial charge on any atom is 0.0580 e. The molecule has 1 unspecified atom stereocenters. The SMILES string of the molecule is CC(C)CCCC(O)Cc1ccsc1. The van der Waals surface area contributed by atoms with Gasteiger partial charge in [-0.1, -0.05) is 26.7 Å². The highest BCUT2D eigenvalue weighted by molar-refractivity contribution is 7.07. The zero-order valence-electron chi connectivity index (χ0n) is 9.07. The Morgan fingerprint density at radius 2 is 2.14 bits per heavy atom. The topological polar surface area (TPSA) is 20.2 Å². The minimum atomic E-state index is -0.150. The van der Waals surface area contributed by atoms with Crippen molar-refractivity contribution in [3.63, 3.8) is 0 Å². The van der Waals surface area contributed by atoms with Gasteiger partial charge in [-0.25, -0.2) is 0 Å². The van der Waals surface area contributed by atoms with Gasteiger partial charge in [-0.2, -0.15) is 11.3 Å². The summed E-state index contributed by atoms with van der Waals surface area (Å²) in [6.45, 7) is 4.45. The van der Waals surface area contributed by atoms with Gasteiger partial charge in [0.15, 0.2) is 0 Å². The zero-order valence-corrected chi connectivity index (χ0v) is 9.89. The third kappa shape index (κ3) is 4.77. The number of thiophene rings is 1. The molecule has 0 bridgehead atoms. The van der Waals surface area contributed by atoms with E-state index < -0.39 is 0 Å². The Morgan fingerprint density at radius 1 is 1.36 bits per heavy atom. The molecule has 1 aromatic rings. The van der Waals surface area contributed by atoms with Gasteiger partial charge in [0.2, 0.25) is 0 Å². The summed E-state index contributed by atoms with van der Waals surface area (Å²) >= 11 is 1.70. The summed E-state index contributed by atoms with van der Waals surface area (Å²) in [7, 11) is 0. The molecule has 0 aliphatic heterocycles. The fraction of sp³-hybridized carbons (Fsp3) is 0.667. The van der Waals surface area contributed by atoms with E-state index in [0.29, 0.717) is 0 Å². The first-order valence-corrected chi connectivity index (χ1v) is 6.32. The van der Waals surface area contributed by atoms with Gasteiger partial charge in [0.25, 0.3) is 0 Å². The molecule has 1 aromatic heterocycles. The molecule has 0 aliphatic rings.